The van der Waals surface area contributed by atoms with Gasteiger partial charge in [0.1, 0.15) is 11.3 Å². The SMILES string of the molecule is CCOc1ncccc1C(=O)NCCSCc1ccco1. The topological polar surface area (TPSA) is 64.4 Å². The van der Waals surface area contributed by atoms with E-state index < -0.39 is 0 Å². The largest absolute Gasteiger partial charge is 0.477 e. The zero-order valence-electron chi connectivity index (χ0n) is 11.9. The van der Waals surface area contributed by atoms with Crippen LogP contribution in [-0.4, -0.2) is 29.8 Å². The molecule has 2 rings (SSSR count). The molecule has 1 N–H and O–H groups in total. The highest BCUT2D eigenvalue weighted by Gasteiger charge is 2.12. The standard InChI is InChI=1S/C15H18N2O3S/c1-2-19-15-13(6-3-7-17-15)14(18)16-8-10-21-11-12-5-4-9-20-12/h3-7,9H,2,8,10-11H2,1H3,(H,16,18). The van der Waals surface area contributed by atoms with Crippen molar-refractivity contribution in [1.29, 1.82) is 0 Å². The molecule has 0 radical (unpaired) electrons. The summed E-state index contributed by atoms with van der Waals surface area (Å²) in [6.45, 7) is 2.93. The lowest BCUT2D eigenvalue weighted by Gasteiger charge is -2.09. The molecule has 2 heterocycles. The number of rotatable bonds is 8. The lowest BCUT2D eigenvalue weighted by atomic mass is 10.2. The number of thioether (sulfide) groups is 1. The molecule has 0 aliphatic heterocycles. The molecule has 0 unspecified atom stereocenters. The van der Waals surface area contributed by atoms with Gasteiger partial charge in [-0.2, -0.15) is 11.8 Å². The predicted molar refractivity (Wildman–Crippen MR) is 82.6 cm³/mol. The molecule has 0 spiro atoms. The van der Waals surface area contributed by atoms with E-state index in [9.17, 15) is 4.79 Å². The van der Waals surface area contributed by atoms with Crippen molar-refractivity contribution in [2.75, 3.05) is 18.9 Å². The summed E-state index contributed by atoms with van der Waals surface area (Å²) in [6.07, 6.45) is 3.27. The van der Waals surface area contributed by atoms with Crippen LogP contribution in [0, 0.1) is 0 Å². The normalized spacial score (nSPS) is 10.3. The fourth-order valence-corrected chi connectivity index (χ4v) is 2.47. The van der Waals surface area contributed by atoms with Crippen LogP contribution < -0.4 is 10.1 Å². The molecule has 112 valence electrons. The van der Waals surface area contributed by atoms with Gasteiger partial charge in [0.15, 0.2) is 0 Å². The second-order valence-electron chi connectivity index (χ2n) is 4.18. The Bertz CT molecular complexity index is 558. The first kappa shape index (κ1) is 15.4. The van der Waals surface area contributed by atoms with Crippen LogP contribution in [0.2, 0.25) is 0 Å². The quantitative estimate of drug-likeness (QED) is 0.760. The van der Waals surface area contributed by atoms with Crippen molar-refractivity contribution in [2.24, 2.45) is 0 Å². The summed E-state index contributed by atoms with van der Waals surface area (Å²) in [5.74, 6) is 2.78. The van der Waals surface area contributed by atoms with E-state index in [1.165, 1.54) is 0 Å². The van der Waals surface area contributed by atoms with Gasteiger partial charge in [-0.15, -0.1) is 0 Å². The molecule has 0 atom stereocenters. The van der Waals surface area contributed by atoms with Crippen LogP contribution in [0.1, 0.15) is 23.0 Å². The molecular formula is C15H18N2O3S. The number of carbonyl (C=O) groups is 1. The van der Waals surface area contributed by atoms with E-state index >= 15 is 0 Å². The lowest BCUT2D eigenvalue weighted by molar-refractivity contribution is 0.0951. The van der Waals surface area contributed by atoms with Crippen molar-refractivity contribution in [1.82, 2.24) is 10.3 Å². The number of carbonyl (C=O) groups excluding carboxylic acids is 1. The Morgan fingerprint density at radius 3 is 3.10 bits per heavy atom. The summed E-state index contributed by atoms with van der Waals surface area (Å²) in [5.41, 5.74) is 0.468. The van der Waals surface area contributed by atoms with E-state index in [0.29, 0.717) is 24.6 Å². The summed E-state index contributed by atoms with van der Waals surface area (Å²) in [6, 6.07) is 7.25. The van der Waals surface area contributed by atoms with Gasteiger partial charge in [-0.25, -0.2) is 4.98 Å². The zero-order valence-corrected chi connectivity index (χ0v) is 12.7. The molecule has 0 aliphatic carbocycles. The maximum Gasteiger partial charge on any atom is 0.256 e. The molecule has 2 aromatic heterocycles. The highest BCUT2D eigenvalue weighted by Crippen LogP contribution is 2.14. The van der Waals surface area contributed by atoms with Crippen LogP contribution in [0.25, 0.3) is 0 Å². The number of amides is 1. The highest BCUT2D eigenvalue weighted by atomic mass is 32.2. The molecule has 0 fully saturated rings. The van der Waals surface area contributed by atoms with Crippen LogP contribution in [0.5, 0.6) is 5.88 Å². The molecular weight excluding hydrogens is 288 g/mol. The fraction of sp³-hybridized carbons (Fsp3) is 0.333. The first-order valence-electron chi connectivity index (χ1n) is 6.77. The molecule has 2 aromatic rings. The van der Waals surface area contributed by atoms with Crippen LogP contribution in [-0.2, 0) is 5.75 Å². The minimum Gasteiger partial charge on any atom is -0.477 e. The first-order chi connectivity index (χ1) is 10.3. The van der Waals surface area contributed by atoms with Gasteiger partial charge < -0.3 is 14.5 Å². The van der Waals surface area contributed by atoms with Crippen molar-refractivity contribution in [2.45, 2.75) is 12.7 Å². The molecule has 0 aromatic carbocycles. The smallest absolute Gasteiger partial charge is 0.256 e. The summed E-state index contributed by atoms with van der Waals surface area (Å²) in [4.78, 5) is 16.1. The molecule has 0 saturated heterocycles. The number of furan rings is 1. The number of hydrogen-bond donors (Lipinski definition) is 1. The summed E-state index contributed by atoms with van der Waals surface area (Å²) in [5, 5.41) is 2.87. The molecule has 21 heavy (non-hydrogen) atoms. The molecule has 0 saturated carbocycles. The van der Waals surface area contributed by atoms with Gasteiger partial charge in [-0.3, -0.25) is 4.79 Å². The Hall–Kier alpha value is -1.95. The molecule has 6 heteroatoms. The highest BCUT2D eigenvalue weighted by molar-refractivity contribution is 7.98. The van der Waals surface area contributed by atoms with E-state index in [1.807, 2.05) is 19.1 Å². The van der Waals surface area contributed by atoms with E-state index in [-0.39, 0.29) is 5.91 Å². The van der Waals surface area contributed by atoms with Crippen molar-refractivity contribution < 1.29 is 13.9 Å². The van der Waals surface area contributed by atoms with Gasteiger partial charge in [0.25, 0.3) is 5.91 Å². The van der Waals surface area contributed by atoms with Gasteiger partial charge in [0.2, 0.25) is 5.88 Å². The van der Waals surface area contributed by atoms with E-state index in [0.717, 1.165) is 17.3 Å². The number of ether oxygens (including phenoxy) is 1. The Labute approximate surface area is 128 Å². The average molecular weight is 306 g/mol. The second-order valence-corrected chi connectivity index (χ2v) is 5.28. The second kappa shape index (κ2) is 8.36. The third-order valence-electron chi connectivity index (χ3n) is 2.65. The van der Waals surface area contributed by atoms with Crippen molar-refractivity contribution in [3.63, 3.8) is 0 Å². The number of aromatic nitrogens is 1. The van der Waals surface area contributed by atoms with Crippen molar-refractivity contribution in [3.05, 3.63) is 48.0 Å². The van der Waals surface area contributed by atoms with Crippen LogP contribution in [0.15, 0.2) is 41.1 Å². The maximum absolute atomic E-state index is 12.1. The first-order valence-corrected chi connectivity index (χ1v) is 7.93. The number of pyridine rings is 1. The van der Waals surface area contributed by atoms with Crippen LogP contribution >= 0.6 is 11.8 Å². The number of hydrogen-bond acceptors (Lipinski definition) is 5. The fourth-order valence-electron chi connectivity index (χ4n) is 1.71. The Morgan fingerprint density at radius 2 is 2.33 bits per heavy atom. The Morgan fingerprint density at radius 1 is 1.43 bits per heavy atom. The van der Waals surface area contributed by atoms with Gasteiger partial charge >= 0.3 is 0 Å². The Balaban J connectivity index is 1.74. The summed E-state index contributed by atoms with van der Waals surface area (Å²) >= 11 is 1.71. The van der Waals surface area contributed by atoms with Crippen LogP contribution in [0.3, 0.4) is 0 Å². The monoisotopic (exact) mass is 306 g/mol. The number of nitrogens with zero attached hydrogens (tertiary/aromatic N) is 1. The third-order valence-corrected chi connectivity index (χ3v) is 3.63. The minimum absolute atomic E-state index is 0.162. The summed E-state index contributed by atoms with van der Waals surface area (Å²) in [7, 11) is 0. The maximum atomic E-state index is 12.1. The lowest BCUT2D eigenvalue weighted by Crippen LogP contribution is -2.26. The van der Waals surface area contributed by atoms with Gasteiger partial charge in [0, 0.05) is 18.5 Å². The molecule has 1 amide bonds. The molecule has 0 bridgehead atoms. The van der Waals surface area contributed by atoms with E-state index in [1.54, 1.807) is 36.4 Å². The zero-order chi connectivity index (χ0) is 14.9. The van der Waals surface area contributed by atoms with Crippen LogP contribution in [0.4, 0.5) is 0 Å². The third kappa shape index (κ3) is 4.82. The summed E-state index contributed by atoms with van der Waals surface area (Å²) < 4.78 is 10.6. The van der Waals surface area contributed by atoms with Gasteiger partial charge in [-0.1, -0.05) is 0 Å². The molecule has 5 nitrogen and oxygen atoms in total. The molecule has 0 aliphatic rings. The predicted octanol–water partition coefficient (Wildman–Crippen LogP) is 2.74. The van der Waals surface area contributed by atoms with Gasteiger partial charge in [0.05, 0.1) is 18.6 Å². The van der Waals surface area contributed by atoms with E-state index in [2.05, 4.69) is 10.3 Å². The minimum atomic E-state index is -0.162. The van der Waals surface area contributed by atoms with E-state index in [4.69, 9.17) is 9.15 Å². The average Bonchev–Trinajstić information content (AvgIpc) is 3.01. The number of nitrogens with one attached hydrogen (secondary N) is 1. The van der Waals surface area contributed by atoms with Crippen molar-refractivity contribution >= 4 is 17.7 Å². The Kier molecular flexibility index (Phi) is 6.15. The van der Waals surface area contributed by atoms with Crippen molar-refractivity contribution in [3.8, 4) is 5.88 Å². The van der Waals surface area contributed by atoms with Gasteiger partial charge in [-0.05, 0) is 31.2 Å².